The van der Waals surface area contributed by atoms with Crippen molar-refractivity contribution in [2.75, 3.05) is 0 Å². The lowest BCUT2D eigenvalue weighted by molar-refractivity contribution is 0.506. The molecule has 0 aliphatic rings. The van der Waals surface area contributed by atoms with E-state index in [1.165, 1.54) is 6.07 Å². The lowest BCUT2D eigenvalue weighted by Gasteiger charge is -2.03. The minimum Gasteiger partial charge on any atom is -0.422 e. The van der Waals surface area contributed by atoms with Crippen molar-refractivity contribution in [3.63, 3.8) is 0 Å². The smallest absolute Gasteiger partial charge is 0.344 e. The molecule has 0 unspecified atom stereocenters. The van der Waals surface area contributed by atoms with E-state index in [9.17, 15) is 13.6 Å². The first-order chi connectivity index (χ1) is 9.15. The molecule has 0 aliphatic heterocycles. The number of benzene rings is 2. The molecule has 0 aliphatic carbocycles. The quantitative estimate of drug-likeness (QED) is 0.665. The second kappa shape index (κ2) is 4.31. The third-order valence-corrected chi connectivity index (χ3v) is 2.87. The van der Waals surface area contributed by atoms with Crippen LogP contribution in [0.1, 0.15) is 0 Å². The predicted octanol–water partition coefficient (Wildman–Crippen LogP) is 3.74. The molecule has 19 heavy (non-hydrogen) atoms. The van der Waals surface area contributed by atoms with Crippen LogP contribution in [0.25, 0.3) is 22.1 Å². The normalized spacial score (nSPS) is 10.8. The molecule has 0 saturated heterocycles. The SMILES string of the molecule is O=c1oc(-c2ccc(F)c(F)c2)cc2ccccc12. The molecule has 0 spiro atoms. The highest BCUT2D eigenvalue weighted by molar-refractivity contribution is 5.83. The summed E-state index contributed by atoms with van der Waals surface area (Å²) in [6.45, 7) is 0. The molecule has 0 saturated carbocycles. The molecule has 4 heteroatoms. The summed E-state index contributed by atoms with van der Waals surface area (Å²) in [6.07, 6.45) is 0. The Labute approximate surface area is 106 Å². The van der Waals surface area contributed by atoms with Gasteiger partial charge >= 0.3 is 5.63 Å². The second-order valence-corrected chi connectivity index (χ2v) is 4.11. The van der Waals surface area contributed by atoms with Gasteiger partial charge in [0.1, 0.15) is 5.76 Å². The molecule has 0 atom stereocenters. The monoisotopic (exact) mass is 258 g/mol. The van der Waals surface area contributed by atoms with Gasteiger partial charge in [0, 0.05) is 5.56 Å². The maximum Gasteiger partial charge on any atom is 0.344 e. The van der Waals surface area contributed by atoms with Crippen LogP contribution >= 0.6 is 0 Å². The average molecular weight is 258 g/mol. The second-order valence-electron chi connectivity index (χ2n) is 4.11. The van der Waals surface area contributed by atoms with Crippen molar-refractivity contribution in [3.05, 3.63) is 70.6 Å². The summed E-state index contributed by atoms with van der Waals surface area (Å²) in [5.74, 6) is -1.71. The Morgan fingerprint density at radius 2 is 1.68 bits per heavy atom. The summed E-state index contributed by atoms with van der Waals surface area (Å²) in [4.78, 5) is 11.8. The van der Waals surface area contributed by atoms with Gasteiger partial charge in [-0.25, -0.2) is 13.6 Å². The van der Waals surface area contributed by atoms with Crippen molar-refractivity contribution < 1.29 is 13.2 Å². The molecule has 2 aromatic carbocycles. The summed E-state index contributed by atoms with van der Waals surface area (Å²) >= 11 is 0. The van der Waals surface area contributed by atoms with Crippen molar-refractivity contribution in [2.24, 2.45) is 0 Å². The van der Waals surface area contributed by atoms with Crippen LogP contribution in [-0.4, -0.2) is 0 Å². The zero-order valence-electron chi connectivity index (χ0n) is 9.69. The summed E-state index contributed by atoms with van der Waals surface area (Å²) in [7, 11) is 0. The molecule has 1 aromatic heterocycles. The van der Waals surface area contributed by atoms with Crippen LogP contribution in [-0.2, 0) is 0 Å². The van der Waals surface area contributed by atoms with Crippen molar-refractivity contribution in [3.8, 4) is 11.3 Å². The fourth-order valence-corrected chi connectivity index (χ4v) is 1.93. The number of halogens is 2. The first-order valence-corrected chi connectivity index (χ1v) is 5.63. The van der Waals surface area contributed by atoms with E-state index < -0.39 is 17.3 Å². The Balaban J connectivity index is 2.25. The number of hydrogen-bond donors (Lipinski definition) is 0. The molecule has 0 amide bonds. The van der Waals surface area contributed by atoms with Gasteiger partial charge in [0.15, 0.2) is 11.6 Å². The van der Waals surface area contributed by atoms with Crippen LogP contribution < -0.4 is 5.63 Å². The highest BCUT2D eigenvalue weighted by Crippen LogP contribution is 2.23. The molecule has 3 rings (SSSR count). The Morgan fingerprint density at radius 3 is 2.47 bits per heavy atom. The zero-order chi connectivity index (χ0) is 13.4. The van der Waals surface area contributed by atoms with Crippen LogP contribution in [0.5, 0.6) is 0 Å². The third-order valence-electron chi connectivity index (χ3n) is 2.87. The van der Waals surface area contributed by atoms with E-state index in [2.05, 4.69) is 0 Å². The lowest BCUT2D eigenvalue weighted by Crippen LogP contribution is -2.00. The van der Waals surface area contributed by atoms with Gasteiger partial charge in [-0.2, -0.15) is 0 Å². The summed E-state index contributed by atoms with van der Waals surface area (Å²) in [5, 5.41) is 1.15. The Morgan fingerprint density at radius 1 is 0.895 bits per heavy atom. The maximum atomic E-state index is 13.2. The molecule has 2 nitrogen and oxygen atoms in total. The van der Waals surface area contributed by atoms with E-state index in [1.54, 1.807) is 30.3 Å². The van der Waals surface area contributed by atoms with Gasteiger partial charge in [0.05, 0.1) is 5.39 Å². The van der Waals surface area contributed by atoms with Crippen molar-refractivity contribution in [1.29, 1.82) is 0 Å². The molecular formula is C15H8F2O2. The molecule has 0 N–H and O–H groups in total. The molecular weight excluding hydrogens is 250 g/mol. The van der Waals surface area contributed by atoms with Crippen molar-refractivity contribution >= 4 is 10.8 Å². The molecule has 94 valence electrons. The van der Waals surface area contributed by atoms with Crippen LogP contribution in [0.3, 0.4) is 0 Å². The van der Waals surface area contributed by atoms with Gasteiger partial charge < -0.3 is 4.42 Å². The third kappa shape index (κ3) is 2.01. The number of fused-ring (bicyclic) bond motifs is 1. The highest BCUT2D eigenvalue weighted by atomic mass is 19.2. The van der Waals surface area contributed by atoms with Gasteiger partial charge in [0.2, 0.25) is 0 Å². The Kier molecular flexibility index (Phi) is 2.63. The lowest BCUT2D eigenvalue weighted by atomic mass is 10.1. The van der Waals surface area contributed by atoms with E-state index in [1.807, 2.05) is 0 Å². The zero-order valence-corrected chi connectivity index (χ0v) is 9.69. The molecule has 0 radical (unpaired) electrons. The molecule has 0 fully saturated rings. The first-order valence-electron chi connectivity index (χ1n) is 5.63. The Bertz CT molecular complexity index is 822. The maximum absolute atomic E-state index is 13.2. The van der Waals surface area contributed by atoms with Gasteiger partial charge in [0.25, 0.3) is 0 Å². The summed E-state index contributed by atoms with van der Waals surface area (Å²) in [5.41, 5.74) is -0.181. The van der Waals surface area contributed by atoms with E-state index in [0.717, 1.165) is 12.1 Å². The fourth-order valence-electron chi connectivity index (χ4n) is 1.93. The molecule has 0 bridgehead atoms. The standard InChI is InChI=1S/C15H8F2O2/c16-12-6-5-10(7-13(12)17)14-8-9-3-1-2-4-11(9)15(18)19-14/h1-8H. The minimum absolute atomic E-state index is 0.211. The molecule has 1 heterocycles. The van der Waals surface area contributed by atoms with Crippen LogP contribution in [0.15, 0.2) is 57.7 Å². The minimum atomic E-state index is -0.978. The van der Waals surface area contributed by atoms with Gasteiger partial charge in [-0.1, -0.05) is 18.2 Å². The van der Waals surface area contributed by atoms with Crippen LogP contribution in [0.4, 0.5) is 8.78 Å². The average Bonchev–Trinajstić information content (AvgIpc) is 2.42. The summed E-state index contributed by atoms with van der Waals surface area (Å²) < 4.78 is 31.2. The van der Waals surface area contributed by atoms with Crippen molar-refractivity contribution in [1.82, 2.24) is 0 Å². The van der Waals surface area contributed by atoms with E-state index in [-0.39, 0.29) is 5.76 Å². The van der Waals surface area contributed by atoms with Crippen LogP contribution in [0.2, 0.25) is 0 Å². The van der Waals surface area contributed by atoms with Crippen LogP contribution in [0, 0.1) is 11.6 Å². The Hall–Kier alpha value is -2.49. The van der Waals surface area contributed by atoms with Crippen molar-refractivity contribution in [2.45, 2.75) is 0 Å². The van der Waals surface area contributed by atoms with E-state index in [4.69, 9.17) is 4.42 Å². The van der Waals surface area contributed by atoms with Gasteiger partial charge in [-0.15, -0.1) is 0 Å². The molecule has 3 aromatic rings. The highest BCUT2D eigenvalue weighted by Gasteiger charge is 2.09. The van der Waals surface area contributed by atoms with Gasteiger partial charge in [-0.05, 0) is 35.7 Å². The predicted molar refractivity (Wildman–Crippen MR) is 67.8 cm³/mol. The van der Waals surface area contributed by atoms with E-state index in [0.29, 0.717) is 16.3 Å². The topological polar surface area (TPSA) is 30.2 Å². The van der Waals surface area contributed by atoms with E-state index >= 15 is 0 Å². The summed E-state index contributed by atoms with van der Waals surface area (Å²) in [6, 6.07) is 11.9. The largest absolute Gasteiger partial charge is 0.422 e. The van der Waals surface area contributed by atoms with Gasteiger partial charge in [-0.3, -0.25) is 0 Å². The fraction of sp³-hybridized carbons (Fsp3) is 0. The number of rotatable bonds is 1. The number of hydrogen-bond acceptors (Lipinski definition) is 2. The first kappa shape index (κ1) is 11.6.